The van der Waals surface area contributed by atoms with E-state index in [1.807, 2.05) is 17.8 Å². The molecule has 1 saturated carbocycles. The lowest BCUT2D eigenvalue weighted by atomic mass is 10.1. The summed E-state index contributed by atoms with van der Waals surface area (Å²) >= 11 is 1.90. The van der Waals surface area contributed by atoms with Crippen LogP contribution in [-0.2, 0) is 0 Å². The standard InChI is InChI=1S/C13H18FNS/c14-12-8-4-3-7-11(12)13(15)9-16-10-5-1-2-6-10/h3-4,7-8,10,13H,1-2,5-6,9,15H2. The van der Waals surface area contributed by atoms with E-state index >= 15 is 0 Å². The number of hydrogen-bond acceptors (Lipinski definition) is 2. The topological polar surface area (TPSA) is 26.0 Å². The Bertz CT molecular complexity index is 336. The zero-order valence-electron chi connectivity index (χ0n) is 9.36. The Morgan fingerprint density at radius 3 is 2.69 bits per heavy atom. The van der Waals surface area contributed by atoms with Gasteiger partial charge in [-0.15, -0.1) is 0 Å². The second-order valence-electron chi connectivity index (χ2n) is 4.37. The van der Waals surface area contributed by atoms with Crippen molar-refractivity contribution in [2.24, 2.45) is 5.73 Å². The van der Waals surface area contributed by atoms with Crippen LogP contribution >= 0.6 is 11.8 Å². The first kappa shape index (κ1) is 11.9. The average molecular weight is 239 g/mol. The summed E-state index contributed by atoms with van der Waals surface area (Å²) in [6.07, 6.45) is 5.28. The molecule has 1 aromatic carbocycles. The Hall–Kier alpha value is -0.540. The first-order valence-electron chi connectivity index (χ1n) is 5.89. The number of nitrogens with two attached hydrogens (primary N) is 1. The van der Waals surface area contributed by atoms with Crippen LogP contribution in [-0.4, -0.2) is 11.0 Å². The Morgan fingerprint density at radius 1 is 1.31 bits per heavy atom. The Morgan fingerprint density at radius 2 is 2.00 bits per heavy atom. The van der Waals surface area contributed by atoms with Gasteiger partial charge < -0.3 is 5.73 Å². The normalized spacial score (nSPS) is 18.9. The lowest BCUT2D eigenvalue weighted by Crippen LogP contribution is -2.16. The molecule has 3 heteroatoms. The third kappa shape index (κ3) is 2.98. The number of thioether (sulfide) groups is 1. The minimum Gasteiger partial charge on any atom is -0.323 e. The van der Waals surface area contributed by atoms with Crippen LogP contribution in [0.4, 0.5) is 4.39 Å². The van der Waals surface area contributed by atoms with E-state index in [9.17, 15) is 4.39 Å². The summed E-state index contributed by atoms with van der Waals surface area (Å²) in [6.45, 7) is 0. The largest absolute Gasteiger partial charge is 0.323 e. The molecule has 0 bridgehead atoms. The molecule has 0 radical (unpaired) electrons. The smallest absolute Gasteiger partial charge is 0.128 e. The van der Waals surface area contributed by atoms with Crippen LogP contribution in [0.25, 0.3) is 0 Å². The molecule has 0 aromatic heterocycles. The summed E-state index contributed by atoms with van der Waals surface area (Å²) in [5, 5.41) is 0.748. The maximum absolute atomic E-state index is 13.5. The van der Waals surface area contributed by atoms with Gasteiger partial charge in [0.05, 0.1) is 0 Å². The number of rotatable bonds is 4. The molecule has 0 spiro atoms. The summed E-state index contributed by atoms with van der Waals surface area (Å²) in [6, 6.07) is 6.64. The van der Waals surface area contributed by atoms with Gasteiger partial charge in [-0.05, 0) is 18.9 Å². The van der Waals surface area contributed by atoms with Gasteiger partial charge in [0, 0.05) is 22.6 Å². The van der Waals surface area contributed by atoms with Crippen molar-refractivity contribution in [3.8, 4) is 0 Å². The lowest BCUT2D eigenvalue weighted by molar-refractivity contribution is 0.595. The van der Waals surface area contributed by atoms with Crippen LogP contribution in [0.3, 0.4) is 0 Å². The first-order valence-corrected chi connectivity index (χ1v) is 6.94. The average Bonchev–Trinajstić information content (AvgIpc) is 2.79. The van der Waals surface area contributed by atoms with E-state index in [0.29, 0.717) is 5.56 Å². The predicted octanol–water partition coefficient (Wildman–Crippen LogP) is 3.50. The quantitative estimate of drug-likeness (QED) is 0.870. The van der Waals surface area contributed by atoms with E-state index in [2.05, 4.69) is 0 Å². The molecule has 1 nitrogen and oxygen atoms in total. The number of benzene rings is 1. The molecule has 1 unspecified atom stereocenters. The molecular weight excluding hydrogens is 221 g/mol. The minimum atomic E-state index is -0.179. The van der Waals surface area contributed by atoms with Crippen LogP contribution in [0.5, 0.6) is 0 Å². The van der Waals surface area contributed by atoms with E-state index < -0.39 is 0 Å². The Balaban J connectivity index is 1.87. The molecule has 88 valence electrons. The number of hydrogen-bond donors (Lipinski definition) is 1. The molecule has 1 aromatic rings. The predicted molar refractivity (Wildman–Crippen MR) is 68.0 cm³/mol. The Kier molecular flexibility index (Phi) is 4.24. The third-order valence-electron chi connectivity index (χ3n) is 3.12. The van der Waals surface area contributed by atoms with Crippen LogP contribution < -0.4 is 5.73 Å². The molecule has 0 heterocycles. The summed E-state index contributed by atoms with van der Waals surface area (Å²) in [5.41, 5.74) is 6.66. The van der Waals surface area contributed by atoms with E-state index in [-0.39, 0.29) is 11.9 Å². The lowest BCUT2D eigenvalue weighted by Gasteiger charge is -2.15. The van der Waals surface area contributed by atoms with Crippen molar-refractivity contribution >= 4 is 11.8 Å². The summed E-state index contributed by atoms with van der Waals surface area (Å²) < 4.78 is 13.5. The van der Waals surface area contributed by atoms with Crippen molar-refractivity contribution in [1.82, 2.24) is 0 Å². The SMILES string of the molecule is NC(CSC1CCCC1)c1ccccc1F. The van der Waals surface area contributed by atoms with Gasteiger partial charge in [-0.3, -0.25) is 0 Å². The third-order valence-corrected chi connectivity index (χ3v) is 4.61. The summed E-state index contributed by atoms with van der Waals surface area (Å²) in [4.78, 5) is 0. The molecule has 2 rings (SSSR count). The van der Waals surface area contributed by atoms with Gasteiger partial charge in [0.15, 0.2) is 0 Å². The minimum absolute atomic E-state index is 0.174. The van der Waals surface area contributed by atoms with Crippen LogP contribution in [0.1, 0.15) is 37.3 Å². The monoisotopic (exact) mass is 239 g/mol. The fraction of sp³-hybridized carbons (Fsp3) is 0.538. The van der Waals surface area contributed by atoms with Crippen molar-refractivity contribution in [2.45, 2.75) is 37.0 Å². The van der Waals surface area contributed by atoms with Crippen molar-refractivity contribution in [1.29, 1.82) is 0 Å². The fourth-order valence-corrected chi connectivity index (χ4v) is 3.49. The first-order chi connectivity index (χ1) is 7.77. The highest BCUT2D eigenvalue weighted by Crippen LogP contribution is 2.31. The maximum Gasteiger partial charge on any atom is 0.128 e. The van der Waals surface area contributed by atoms with Gasteiger partial charge in [0.25, 0.3) is 0 Å². The van der Waals surface area contributed by atoms with Crippen molar-refractivity contribution < 1.29 is 4.39 Å². The van der Waals surface area contributed by atoms with Gasteiger partial charge in [-0.2, -0.15) is 11.8 Å². The van der Waals surface area contributed by atoms with Gasteiger partial charge in [-0.25, -0.2) is 4.39 Å². The highest BCUT2D eigenvalue weighted by atomic mass is 32.2. The van der Waals surface area contributed by atoms with Crippen LogP contribution in [0.15, 0.2) is 24.3 Å². The van der Waals surface area contributed by atoms with Gasteiger partial charge in [0.2, 0.25) is 0 Å². The van der Waals surface area contributed by atoms with E-state index in [1.54, 1.807) is 12.1 Å². The Labute approximate surface area is 101 Å². The molecule has 16 heavy (non-hydrogen) atoms. The summed E-state index contributed by atoms with van der Waals surface area (Å²) in [5.74, 6) is 0.646. The fourth-order valence-electron chi connectivity index (χ4n) is 2.16. The molecule has 1 aliphatic carbocycles. The second kappa shape index (κ2) is 5.69. The molecule has 2 N–H and O–H groups in total. The molecule has 0 aliphatic heterocycles. The zero-order chi connectivity index (χ0) is 11.4. The van der Waals surface area contributed by atoms with E-state index in [0.717, 1.165) is 11.0 Å². The van der Waals surface area contributed by atoms with E-state index in [4.69, 9.17) is 5.73 Å². The highest BCUT2D eigenvalue weighted by molar-refractivity contribution is 7.99. The van der Waals surface area contributed by atoms with Crippen LogP contribution in [0, 0.1) is 5.82 Å². The molecular formula is C13H18FNS. The highest BCUT2D eigenvalue weighted by Gasteiger charge is 2.18. The van der Waals surface area contributed by atoms with Gasteiger partial charge in [0.1, 0.15) is 5.82 Å². The van der Waals surface area contributed by atoms with Crippen molar-refractivity contribution in [2.75, 3.05) is 5.75 Å². The van der Waals surface area contributed by atoms with E-state index in [1.165, 1.54) is 31.7 Å². The van der Waals surface area contributed by atoms with Crippen LogP contribution in [0.2, 0.25) is 0 Å². The maximum atomic E-state index is 13.5. The van der Waals surface area contributed by atoms with Gasteiger partial charge >= 0.3 is 0 Å². The zero-order valence-corrected chi connectivity index (χ0v) is 10.2. The molecule has 1 fully saturated rings. The molecule has 1 atom stereocenters. The molecule has 0 saturated heterocycles. The molecule has 1 aliphatic rings. The second-order valence-corrected chi connectivity index (χ2v) is 5.70. The van der Waals surface area contributed by atoms with Crippen molar-refractivity contribution in [3.05, 3.63) is 35.6 Å². The van der Waals surface area contributed by atoms with Crippen molar-refractivity contribution in [3.63, 3.8) is 0 Å². The number of halogens is 1. The molecule has 0 amide bonds. The summed E-state index contributed by atoms with van der Waals surface area (Å²) in [7, 11) is 0. The van der Waals surface area contributed by atoms with Gasteiger partial charge in [-0.1, -0.05) is 31.0 Å².